The summed E-state index contributed by atoms with van der Waals surface area (Å²) in [7, 11) is 0. The van der Waals surface area contributed by atoms with Crippen LogP contribution in [0.3, 0.4) is 0 Å². The summed E-state index contributed by atoms with van der Waals surface area (Å²) in [5.74, 6) is 0.634. The lowest BCUT2D eigenvalue weighted by atomic mass is 10.2. The Morgan fingerprint density at radius 1 is 1.62 bits per heavy atom. The Morgan fingerprint density at radius 2 is 1.75 bits per heavy atom. The van der Waals surface area contributed by atoms with Crippen molar-refractivity contribution in [2.24, 2.45) is 5.92 Å². The van der Waals surface area contributed by atoms with Crippen LogP contribution in [0.5, 0.6) is 0 Å². The zero-order chi connectivity index (χ0) is 6.99. The van der Waals surface area contributed by atoms with E-state index in [4.69, 9.17) is 0 Å². The largest absolute Gasteiger partial charge is 0.552 e. The van der Waals surface area contributed by atoms with E-state index in [-0.39, 0.29) is 0 Å². The average Bonchev–Trinajstić information content (AvgIpc) is 1.69. The summed E-state index contributed by atoms with van der Waals surface area (Å²) in [6.07, 6.45) is 1.19. The number of hydrogen-bond acceptors (Lipinski definition) is 0. The molecule has 3 heteroatoms. The minimum Gasteiger partial charge on any atom is -0.276 e. The highest BCUT2D eigenvalue weighted by Crippen LogP contribution is 1.93. The molecule has 0 amide bonds. The first-order valence-electron chi connectivity index (χ1n) is 2.64. The monoisotopic (exact) mass is 349 g/mol. The lowest BCUT2D eigenvalue weighted by Crippen LogP contribution is -1.77. The van der Waals surface area contributed by atoms with Crippen molar-refractivity contribution in [2.45, 2.75) is 20.3 Å². The third-order valence-corrected chi connectivity index (χ3v) is 0.697. The first-order valence-corrected chi connectivity index (χ1v) is 12.9. The van der Waals surface area contributed by atoms with Gasteiger partial charge in [-0.05, 0) is 5.92 Å². The smallest absolute Gasteiger partial charge is 0.276 e. The van der Waals surface area contributed by atoms with E-state index >= 15 is 0 Å². The van der Waals surface area contributed by atoms with Crippen LogP contribution >= 0.6 is 37.7 Å². The average molecular weight is 349 g/mol. The molecule has 0 aliphatic rings. The van der Waals surface area contributed by atoms with Gasteiger partial charge in [0.2, 0.25) is 0 Å². The molecule has 0 nitrogen and oxygen atoms in total. The predicted octanol–water partition coefficient (Wildman–Crippen LogP) is 3.26. The van der Waals surface area contributed by atoms with Crippen LogP contribution in [-0.4, -0.2) is 12.6 Å². The van der Waals surface area contributed by atoms with E-state index in [9.17, 15) is 0 Å². The van der Waals surface area contributed by atoms with E-state index in [1.807, 2.05) is 0 Å². The Bertz CT molecular complexity index is 31.6. The summed E-state index contributed by atoms with van der Waals surface area (Å²) < 4.78 is 0. The molecule has 0 bridgehead atoms. The first-order chi connectivity index (χ1) is 3.68. The maximum absolute atomic E-state index is 3.76. The van der Waals surface area contributed by atoms with Crippen molar-refractivity contribution < 1.29 is 0 Å². The van der Waals surface area contributed by atoms with Crippen LogP contribution in [0.1, 0.15) is 20.3 Å². The molecular weight excluding hydrogens is 338 g/mol. The van der Waals surface area contributed by atoms with E-state index in [0.29, 0.717) is 18.5 Å². The van der Waals surface area contributed by atoms with Crippen molar-refractivity contribution in [3.8, 4) is 0 Å². The maximum Gasteiger partial charge on any atom is 0.552 e. The molecule has 1 unspecified atom stereocenters. The van der Waals surface area contributed by atoms with Crippen LogP contribution in [0, 0.1) is 12.8 Å². The maximum atomic E-state index is 3.76. The molecule has 0 rings (SSSR count). The van der Waals surface area contributed by atoms with E-state index in [1.54, 1.807) is 0 Å². The van der Waals surface area contributed by atoms with Gasteiger partial charge in [0, 0.05) is 0 Å². The van der Waals surface area contributed by atoms with Gasteiger partial charge < -0.3 is 0 Å². The number of hydrogen-bond donors (Lipinski definition) is 0. The molecule has 0 aliphatic carbocycles. The summed E-state index contributed by atoms with van der Waals surface area (Å²) in [4.78, 5) is 0. The SMILES string of the molecule is [CH2]C(C)CC.[I][Mg][I]. The standard InChI is InChI=1S/C5H11.2HI.Mg/c1-4-5(2)3;;;/h5H,2,4H2,1,3H3;2*1H;/q;;;+2/p-2. The van der Waals surface area contributed by atoms with Crippen molar-refractivity contribution in [1.82, 2.24) is 0 Å². The number of rotatable bonds is 1. The molecule has 0 N–H and O–H groups in total. The van der Waals surface area contributed by atoms with Crippen molar-refractivity contribution in [3.05, 3.63) is 6.92 Å². The Hall–Kier alpha value is 2.23. The second-order valence-corrected chi connectivity index (χ2v) is 15.2. The molecular formula is C5H11I2Mg. The molecule has 0 aromatic heterocycles. The second-order valence-electron chi connectivity index (χ2n) is 1.61. The van der Waals surface area contributed by atoms with E-state index in [2.05, 4.69) is 58.5 Å². The van der Waals surface area contributed by atoms with E-state index in [1.165, 1.54) is 6.42 Å². The highest BCUT2D eigenvalue weighted by molar-refractivity contribution is 14.3. The van der Waals surface area contributed by atoms with E-state index < -0.39 is 0 Å². The molecule has 0 fully saturated rings. The Labute approximate surface area is 82.1 Å². The molecule has 0 saturated heterocycles. The van der Waals surface area contributed by atoms with Gasteiger partial charge in [-0.3, -0.25) is 37.7 Å². The highest BCUT2D eigenvalue weighted by Gasteiger charge is 1.80. The summed E-state index contributed by atoms with van der Waals surface area (Å²) >= 11 is 5.18. The fourth-order valence-corrected chi connectivity index (χ4v) is 0. The third-order valence-electron chi connectivity index (χ3n) is 0.697. The minimum absolute atomic E-state index is 0.357. The topological polar surface area (TPSA) is 0 Å². The van der Waals surface area contributed by atoms with Crippen molar-refractivity contribution in [3.63, 3.8) is 0 Å². The molecule has 0 aliphatic heterocycles. The molecule has 0 spiro atoms. The van der Waals surface area contributed by atoms with Gasteiger partial charge >= 0.3 is 12.6 Å². The Balaban J connectivity index is 0. The van der Waals surface area contributed by atoms with Crippen LogP contribution in [0.25, 0.3) is 0 Å². The van der Waals surface area contributed by atoms with Crippen molar-refractivity contribution in [1.29, 1.82) is 0 Å². The van der Waals surface area contributed by atoms with Gasteiger partial charge in [0.1, 0.15) is 0 Å². The summed E-state index contributed by atoms with van der Waals surface area (Å²) in [6.45, 7) is 8.00. The fraction of sp³-hybridized carbons (Fsp3) is 0.800. The quantitative estimate of drug-likeness (QED) is 0.504. The highest BCUT2D eigenvalue weighted by atomic mass is 127. The minimum atomic E-state index is 0.357. The Kier molecular flexibility index (Phi) is 19.2. The van der Waals surface area contributed by atoms with Crippen LogP contribution in [0.4, 0.5) is 0 Å². The van der Waals surface area contributed by atoms with Gasteiger partial charge in [0.15, 0.2) is 0 Å². The van der Waals surface area contributed by atoms with E-state index in [0.717, 1.165) is 0 Å². The number of halogens is 2. The summed E-state index contributed by atoms with van der Waals surface area (Å²) in [6, 6.07) is 0. The fourth-order valence-electron chi connectivity index (χ4n) is 0. The van der Waals surface area contributed by atoms with Gasteiger partial charge in [0.25, 0.3) is 0 Å². The molecule has 47 valence electrons. The lowest BCUT2D eigenvalue weighted by Gasteiger charge is -1.90. The molecule has 1 radical (unpaired) electrons. The lowest BCUT2D eigenvalue weighted by molar-refractivity contribution is 0.694. The Morgan fingerprint density at radius 3 is 1.75 bits per heavy atom. The third kappa shape index (κ3) is 24.1. The molecule has 0 aromatic carbocycles. The van der Waals surface area contributed by atoms with Gasteiger partial charge in [0.05, 0.1) is 0 Å². The van der Waals surface area contributed by atoms with Crippen LogP contribution in [0.2, 0.25) is 0 Å². The summed E-state index contributed by atoms with van der Waals surface area (Å²) in [5.41, 5.74) is 0. The summed E-state index contributed by atoms with van der Waals surface area (Å²) in [5, 5.41) is 0. The zero-order valence-electron chi connectivity index (χ0n) is 5.45. The first kappa shape index (κ1) is 12.9. The van der Waals surface area contributed by atoms with Crippen LogP contribution in [0.15, 0.2) is 0 Å². The van der Waals surface area contributed by atoms with Crippen LogP contribution < -0.4 is 0 Å². The zero-order valence-corrected chi connectivity index (χ0v) is 11.2. The molecule has 0 heterocycles. The molecule has 0 aromatic rings. The van der Waals surface area contributed by atoms with Gasteiger partial charge in [-0.15, -0.1) is 0 Å². The van der Waals surface area contributed by atoms with Crippen molar-refractivity contribution >= 4 is 50.3 Å². The second kappa shape index (κ2) is 12.0. The molecule has 8 heavy (non-hydrogen) atoms. The molecule has 0 saturated carbocycles. The molecule has 1 atom stereocenters. The normalized spacial score (nSPS) is 7.25. The van der Waals surface area contributed by atoms with Crippen molar-refractivity contribution in [2.75, 3.05) is 0 Å². The van der Waals surface area contributed by atoms with Gasteiger partial charge in [-0.25, -0.2) is 0 Å². The van der Waals surface area contributed by atoms with Gasteiger partial charge in [-0.2, -0.15) is 0 Å². The van der Waals surface area contributed by atoms with Crippen LogP contribution in [-0.2, 0) is 0 Å². The predicted molar refractivity (Wildman–Crippen MR) is 58.6 cm³/mol. The van der Waals surface area contributed by atoms with Gasteiger partial charge in [-0.1, -0.05) is 27.2 Å².